The standard InChI is InChI=1S/C14H25N3O2S/c1-6-8-17(9-7-2)14-11(19-5)10(15)12(20-14)13(18)16(3)4/h6-9,15H2,1-5H3. The molecule has 1 aromatic heterocycles. The number of carbonyl (C=O) groups is 1. The first-order valence-corrected chi connectivity index (χ1v) is 7.72. The molecule has 0 aliphatic carbocycles. The molecule has 0 saturated heterocycles. The maximum Gasteiger partial charge on any atom is 0.265 e. The number of hydrogen-bond acceptors (Lipinski definition) is 5. The number of nitrogens with two attached hydrogens (primary N) is 1. The average Bonchev–Trinajstić information content (AvgIpc) is 2.74. The summed E-state index contributed by atoms with van der Waals surface area (Å²) >= 11 is 1.42. The highest BCUT2D eigenvalue weighted by molar-refractivity contribution is 7.19. The number of carbonyl (C=O) groups excluding carboxylic acids is 1. The minimum absolute atomic E-state index is 0.0787. The molecule has 1 aromatic rings. The highest BCUT2D eigenvalue weighted by Gasteiger charge is 2.25. The molecular formula is C14H25N3O2S. The van der Waals surface area contributed by atoms with Gasteiger partial charge in [0.2, 0.25) is 0 Å². The lowest BCUT2D eigenvalue weighted by Crippen LogP contribution is -2.24. The Hall–Kier alpha value is -1.43. The van der Waals surface area contributed by atoms with Gasteiger partial charge in [0.15, 0.2) is 5.75 Å². The van der Waals surface area contributed by atoms with Crippen LogP contribution in [0.4, 0.5) is 10.7 Å². The van der Waals surface area contributed by atoms with E-state index in [2.05, 4.69) is 18.7 Å². The van der Waals surface area contributed by atoms with Crippen LogP contribution in [-0.2, 0) is 0 Å². The number of anilines is 2. The van der Waals surface area contributed by atoms with Crippen LogP contribution >= 0.6 is 11.3 Å². The summed E-state index contributed by atoms with van der Waals surface area (Å²) in [6.45, 7) is 6.13. The lowest BCUT2D eigenvalue weighted by molar-refractivity contribution is 0.0833. The van der Waals surface area contributed by atoms with Gasteiger partial charge in [-0.05, 0) is 12.8 Å². The van der Waals surface area contributed by atoms with Gasteiger partial charge in [0, 0.05) is 27.2 Å². The number of nitrogen functional groups attached to an aromatic ring is 1. The minimum atomic E-state index is -0.0787. The van der Waals surface area contributed by atoms with Crippen LogP contribution in [0.3, 0.4) is 0 Å². The zero-order valence-electron chi connectivity index (χ0n) is 13.0. The van der Waals surface area contributed by atoms with Crippen molar-refractivity contribution >= 4 is 27.9 Å². The quantitative estimate of drug-likeness (QED) is 0.841. The molecule has 0 aromatic carbocycles. The fourth-order valence-corrected chi connectivity index (χ4v) is 3.30. The van der Waals surface area contributed by atoms with Crippen molar-refractivity contribution in [2.75, 3.05) is 44.9 Å². The second-order valence-electron chi connectivity index (χ2n) is 4.87. The van der Waals surface area contributed by atoms with Crippen molar-refractivity contribution in [2.45, 2.75) is 26.7 Å². The molecule has 0 saturated carbocycles. The number of hydrogen-bond donors (Lipinski definition) is 1. The summed E-state index contributed by atoms with van der Waals surface area (Å²) in [6, 6.07) is 0. The Morgan fingerprint density at radius 2 is 1.80 bits per heavy atom. The summed E-state index contributed by atoms with van der Waals surface area (Å²) in [7, 11) is 5.05. The van der Waals surface area contributed by atoms with Gasteiger partial charge in [0.05, 0.1) is 7.11 Å². The van der Waals surface area contributed by atoms with E-state index in [0.29, 0.717) is 16.3 Å². The molecule has 1 heterocycles. The van der Waals surface area contributed by atoms with Crippen molar-refractivity contribution < 1.29 is 9.53 Å². The van der Waals surface area contributed by atoms with E-state index in [9.17, 15) is 4.79 Å². The molecule has 2 N–H and O–H groups in total. The van der Waals surface area contributed by atoms with Crippen LogP contribution in [-0.4, -0.2) is 45.1 Å². The second-order valence-corrected chi connectivity index (χ2v) is 5.87. The number of amides is 1. The first-order valence-electron chi connectivity index (χ1n) is 6.90. The van der Waals surface area contributed by atoms with E-state index in [-0.39, 0.29) is 5.91 Å². The van der Waals surface area contributed by atoms with Crippen molar-refractivity contribution in [3.8, 4) is 5.75 Å². The van der Waals surface area contributed by atoms with E-state index in [1.165, 1.54) is 16.2 Å². The van der Waals surface area contributed by atoms with Crippen LogP contribution in [0.25, 0.3) is 0 Å². The van der Waals surface area contributed by atoms with E-state index in [1.54, 1.807) is 21.2 Å². The van der Waals surface area contributed by atoms with Gasteiger partial charge in [-0.25, -0.2) is 0 Å². The van der Waals surface area contributed by atoms with E-state index in [0.717, 1.165) is 30.9 Å². The summed E-state index contributed by atoms with van der Waals surface area (Å²) in [4.78, 5) is 16.5. The normalized spacial score (nSPS) is 10.4. The smallest absolute Gasteiger partial charge is 0.265 e. The van der Waals surface area contributed by atoms with Gasteiger partial charge < -0.3 is 20.3 Å². The molecule has 0 spiro atoms. The zero-order chi connectivity index (χ0) is 15.3. The predicted molar refractivity (Wildman–Crippen MR) is 86.1 cm³/mol. The Labute approximate surface area is 125 Å². The number of nitrogens with zero attached hydrogens (tertiary/aromatic N) is 2. The monoisotopic (exact) mass is 299 g/mol. The summed E-state index contributed by atoms with van der Waals surface area (Å²) in [5, 5.41) is 0.957. The van der Waals surface area contributed by atoms with Crippen molar-refractivity contribution in [1.29, 1.82) is 0 Å². The number of rotatable bonds is 7. The molecule has 0 fully saturated rings. The lowest BCUT2D eigenvalue weighted by atomic mass is 10.3. The van der Waals surface area contributed by atoms with Gasteiger partial charge in [-0.2, -0.15) is 0 Å². The van der Waals surface area contributed by atoms with Crippen LogP contribution in [0, 0.1) is 0 Å². The number of ether oxygens (including phenoxy) is 1. The molecule has 0 aliphatic rings. The predicted octanol–water partition coefficient (Wildman–Crippen LogP) is 2.67. The third-order valence-electron chi connectivity index (χ3n) is 2.96. The van der Waals surface area contributed by atoms with E-state index < -0.39 is 0 Å². The summed E-state index contributed by atoms with van der Waals surface area (Å²) in [5.41, 5.74) is 6.54. The molecule has 114 valence electrons. The van der Waals surface area contributed by atoms with Crippen LogP contribution < -0.4 is 15.4 Å². The molecule has 5 nitrogen and oxygen atoms in total. The van der Waals surface area contributed by atoms with Gasteiger partial charge in [-0.1, -0.05) is 13.8 Å². The summed E-state index contributed by atoms with van der Waals surface area (Å²) in [5.74, 6) is 0.548. The zero-order valence-corrected chi connectivity index (χ0v) is 13.8. The first-order chi connectivity index (χ1) is 9.47. The molecule has 0 atom stereocenters. The molecular weight excluding hydrogens is 274 g/mol. The molecule has 1 rings (SSSR count). The third kappa shape index (κ3) is 3.36. The molecule has 0 aliphatic heterocycles. The maximum atomic E-state index is 12.2. The molecule has 0 unspecified atom stereocenters. The average molecular weight is 299 g/mol. The Bertz CT molecular complexity index is 452. The Morgan fingerprint density at radius 3 is 2.20 bits per heavy atom. The Kier molecular flexibility index (Phi) is 6.13. The van der Waals surface area contributed by atoms with Crippen LogP contribution in [0.1, 0.15) is 36.4 Å². The number of thiophene rings is 1. The van der Waals surface area contributed by atoms with Crippen molar-refractivity contribution in [1.82, 2.24) is 4.90 Å². The highest BCUT2D eigenvalue weighted by atomic mass is 32.1. The van der Waals surface area contributed by atoms with Crippen molar-refractivity contribution in [3.63, 3.8) is 0 Å². The first kappa shape index (κ1) is 16.6. The molecule has 20 heavy (non-hydrogen) atoms. The van der Waals surface area contributed by atoms with Gasteiger partial charge in [-0.15, -0.1) is 11.3 Å². The van der Waals surface area contributed by atoms with E-state index in [4.69, 9.17) is 10.5 Å². The third-order valence-corrected chi connectivity index (χ3v) is 4.20. The highest BCUT2D eigenvalue weighted by Crippen LogP contribution is 2.45. The Balaban J connectivity index is 3.24. The maximum absolute atomic E-state index is 12.2. The lowest BCUT2D eigenvalue weighted by Gasteiger charge is -2.22. The summed E-state index contributed by atoms with van der Waals surface area (Å²) < 4.78 is 5.43. The largest absolute Gasteiger partial charge is 0.492 e. The SMILES string of the molecule is CCCN(CCC)c1sc(C(=O)N(C)C)c(N)c1OC. The van der Waals surface area contributed by atoms with Gasteiger partial charge in [0.25, 0.3) is 5.91 Å². The number of methoxy groups -OCH3 is 1. The van der Waals surface area contributed by atoms with Gasteiger partial charge >= 0.3 is 0 Å². The van der Waals surface area contributed by atoms with Crippen LogP contribution in [0.15, 0.2) is 0 Å². The topological polar surface area (TPSA) is 58.8 Å². The molecule has 1 amide bonds. The van der Waals surface area contributed by atoms with Crippen molar-refractivity contribution in [2.24, 2.45) is 0 Å². The molecule has 0 radical (unpaired) electrons. The van der Waals surface area contributed by atoms with Crippen LogP contribution in [0.2, 0.25) is 0 Å². The fraction of sp³-hybridized carbons (Fsp3) is 0.643. The van der Waals surface area contributed by atoms with E-state index in [1.807, 2.05) is 0 Å². The Morgan fingerprint density at radius 1 is 1.25 bits per heavy atom. The van der Waals surface area contributed by atoms with Crippen molar-refractivity contribution in [3.05, 3.63) is 4.88 Å². The molecule has 6 heteroatoms. The summed E-state index contributed by atoms with van der Waals surface area (Å²) in [6.07, 6.45) is 2.08. The van der Waals surface area contributed by atoms with Gasteiger partial charge in [0.1, 0.15) is 15.6 Å². The second kappa shape index (κ2) is 7.38. The fourth-order valence-electron chi connectivity index (χ4n) is 2.04. The molecule has 0 bridgehead atoms. The van der Waals surface area contributed by atoms with E-state index >= 15 is 0 Å². The minimum Gasteiger partial charge on any atom is -0.492 e. The van der Waals surface area contributed by atoms with Crippen LogP contribution in [0.5, 0.6) is 5.75 Å². The van der Waals surface area contributed by atoms with Gasteiger partial charge in [-0.3, -0.25) is 4.79 Å².